The first-order valence-corrected chi connectivity index (χ1v) is 13.4. The first kappa shape index (κ1) is 24.6. The number of ether oxygens (including phenoxy) is 1. The molecule has 0 saturated heterocycles. The minimum Gasteiger partial charge on any atom is -0.480 e. The molecule has 0 atom stereocenters. The highest BCUT2D eigenvalue weighted by Gasteiger charge is 2.22. The van der Waals surface area contributed by atoms with E-state index in [9.17, 15) is 9.59 Å². The molecule has 10 heteroatoms. The Labute approximate surface area is 226 Å². The van der Waals surface area contributed by atoms with Crippen LogP contribution in [0.4, 0.5) is 0 Å². The number of aliphatic carboxylic acids is 1. The van der Waals surface area contributed by atoms with Crippen molar-refractivity contribution in [1.29, 1.82) is 0 Å². The molecular formula is C23H20BrI2N3O4. The third-order valence-electron chi connectivity index (χ3n) is 5.49. The van der Waals surface area contributed by atoms with Gasteiger partial charge in [-0.2, -0.15) is 9.78 Å². The largest absolute Gasteiger partial charge is 0.480 e. The van der Waals surface area contributed by atoms with Gasteiger partial charge in [0.15, 0.2) is 6.61 Å². The Morgan fingerprint density at radius 1 is 1.21 bits per heavy atom. The molecule has 172 valence electrons. The molecule has 1 fully saturated rings. The smallest absolute Gasteiger partial charge is 0.341 e. The molecule has 1 N–H and O–H groups in total. The summed E-state index contributed by atoms with van der Waals surface area (Å²) in [6.45, 7) is -0.405. The standard InChI is InChI=1S/C23H20BrI2N3O4/c24-15-6-7-19-16(10-15)23(32)29(22(28-19)14-4-2-1-3-5-14)27-11-13-8-17(25)21(18(26)9-13)33-12-20(30)31/h6-11,14H,1-5,12H2,(H,30,31). The molecule has 1 saturated carbocycles. The van der Waals surface area contributed by atoms with Crippen molar-refractivity contribution in [1.82, 2.24) is 9.66 Å². The van der Waals surface area contributed by atoms with Crippen molar-refractivity contribution in [2.75, 3.05) is 6.61 Å². The average molecular weight is 736 g/mol. The van der Waals surface area contributed by atoms with Gasteiger partial charge in [0.1, 0.15) is 11.6 Å². The lowest BCUT2D eigenvalue weighted by Gasteiger charge is -2.22. The molecule has 2 aromatic carbocycles. The van der Waals surface area contributed by atoms with E-state index in [-0.39, 0.29) is 11.5 Å². The number of hydrogen-bond donors (Lipinski definition) is 1. The molecule has 0 amide bonds. The van der Waals surface area contributed by atoms with E-state index in [0.29, 0.717) is 22.5 Å². The maximum Gasteiger partial charge on any atom is 0.341 e. The van der Waals surface area contributed by atoms with Crippen LogP contribution in [0.1, 0.15) is 49.4 Å². The average Bonchev–Trinajstić information content (AvgIpc) is 2.78. The van der Waals surface area contributed by atoms with Gasteiger partial charge in [0.05, 0.1) is 24.3 Å². The van der Waals surface area contributed by atoms with Gasteiger partial charge in [-0.1, -0.05) is 35.2 Å². The molecule has 0 bridgehead atoms. The maximum atomic E-state index is 13.4. The van der Waals surface area contributed by atoms with Gasteiger partial charge in [-0.25, -0.2) is 9.78 Å². The number of carboxylic acids is 1. The molecule has 0 aliphatic heterocycles. The number of carboxylic acid groups (broad SMARTS) is 1. The highest BCUT2D eigenvalue weighted by Crippen LogP contribution is 2.32. The number of halogens is 3. The molecule has 33 heavy (non-hydrogen) atoms. The van der Waals surface area contributed by atoms with E-state index in [0.717, 1.165) is 42.9 Å². The number of aromatic nitrogens is 2. The molecule has 3 aromatic rings. The molecule has 1 aliphatic rings. The van der Waals surface area contributed by atoms with Crippen molar-refractivity contribution >= 4 is 84.2 Å². The van der Waals surface area contributed by atoms with E-state index < -0.39 is 12.6 Å². The highest BCUT2D eigenvalue weighted by atomic mass is 127. The normalized spacial score (nSPS) is 14.8. The highest BCUT2D eigenvalue weighted by molar-refractivity contribution is 14.1. The SMILES string of the molecule is O=C(O)COc1c(I)cc(C=Nn2c(C3CCCCC3)nc3ccc(Br)cc3c2=O)cc1I. The van der Waals surface area contributed by atoms with Gasteiger partial charge in [-0.05, 0) is 93.9 Å². The summed E-state index contributed by atoms with van der Waals surface area (Å²) in [5.41, 5.74) is 1.27. The van der Waals surface area contributed by atoms with Crippen LogP contribution in [0, 0.1) is 7.14 Å². The van der Waals surface area contributed by atoms with Gasteiger partial charge >= 0.3 is 5.97 Å². The molecule has 4 rings (SSSR count). The summed E-state index contributed by atoms with van der Waals surface area (Å²) < 4.78 is 9.19. The summed E-state index contributed by atoms with van der Waals surface area (Å²) in [4.78, 5) is 29.1. The van der Waals surface area contributed by atoms with Crippen molar-refractivity contribution in [3.63, 3.8) is 0 Å². The molecule has 7 nitrogen and oxygen atoms in total. The molecular weight excluding hydrogens is 716 g/mol. The Kier molecular flexibility index (Phi) is 8.05. The summed E-state index contributed by atoms with van der Waals surface area (Å²) in [6.07, 6.45) is 7.08. The Morgan fingerprint density at radius 2 is 1.91 bits per heavy atom. The molecule has 1 aromatic heterocycles. The molecule has 1 heterocycles. The maximum absolute atomic E-state index is 13.4. The number of hydrogen-bond acceptors (Lipinski definition) is 5. The number of carbonyl (C=O) groups is 1. The van der Waals surface area contributed by atoms with Crippen LogP contribution in [0.5, 0.6) is 5.75 Å². The van der Waals surface area contributed by atoms with Crippen LogP contribution in [-0.2, 0) is 4.79 Å². The fourth-order valence-electron chi connectivity index (χ4n) is 3.95. The lowest BCUT2D eigenvalue weighted by molar-refractivity contribution is -0.139. The topological polar surface area (TPSA) is 93.8 Å². The van der Waals surface area contributed by atoms with E-state index in [1.165, 1.54) is 11.1 Å². The van der Waals surface area contributed by atoms with Gasteiger partial charge in [0.2, 0.25) is 0 Å². The van der Waals surface area contributed by atoms with Crippen molar-refractivity contribution < 1.29 is 14.6 Å². The van der Waals surface area contributed by atoms with Crippen LogP contribution in [0.15, 0.2) is 44.7 Å². The van der Waals surface area contributed by atoms with Gasteiger partial charge in [-0.15, -0.1) is 0 Å². The first-order valence-electron chi connectivity index (χ1n) is 10.4. The minimum atomic E-state index is -1.03. The van der Waals surface area contributed by atoms with Crippen LogP contribution in [-0.4, -0.2) is 33.6 Å². The summed E-state index contributed by atoms with van der Waals surface area (Å²) in [5, 5.41) is 14.0. The summed E-state index contributed by atoms with van der Waals surface area (Å²) >= 11 is 7.65. The quantitative estimate of drug-likeness (QED) is 0.257. The van der Waals surface area contributed by atoms with Crippen molar-refractivity contribution in [2.24, 2.45) is 5.10 Å². The minimum absolute atomic E-state index is 0.191. The number of rotatable bonds is 6. The molecule has 1 aliphatic carbocycles. The van der Waals surface area contributed by atoms with Crippen LogP contribution in [0.25, 0.3) is 10.9 Å². The van der Waals surface area contributed by atoms with E-state index in [1.54, 1.807) is 12.3 Å². The van der Waals surface area contributed by atoms with Crippen LogP contribution >= 0.6 is 61.1 Å². The van der Waals surface area contributed by atoms with Crippen molar-refractivity contribution in [3.8, 4) is 5.75 Å². The third-order valence-corrected chi connectivity index (χ3v) is 7.58. The van der Waals surface area contributed by atoms with Crippen molar-refractivity contribution in [3.05, 3.63) is 63.7 Å². The van der Waals surface area contributed by atoms with Crippen LogP contribution in [0.2, 0.25) is 0 Å². The van der Waals surface area contributed by atoms with E-state index >= 15 is 0 Å². The molecule has 0 unspecified atom stereocenters. The van der Waals surface area contributed by atoms with E-state index in [2.05, 4.69) is 66.2 Å². The second kappa shape index (κ2) is 10.8. The number of fused-ring (bicyclic) bond motifs is 1. The number of benzene rings is 2. The fraction of sp³-hybridized carbons (Fsp3) is 0.304. The number of nitrogens with zero attached hydrogens (tertiary/aromatic N) is 3. The van der Waals surface area contributed by atoms with E-state index in [1.807, 2.05) is 24.3 Å². The zero-order valence-electron chi connectivity index (χ0n) is 17.4. The van der Waals surface area contributed by atoms with Gasteiger partial charge in [-0.3, -0.25) is 4.79 Å². The Bertz CT molecular complexity index is 1280. The second-order valence-corrected chi connectivity index (χ2v) is 11.1. The van der Waals surface area contributed by atoms with E-state index in [4.69, 9.17) is 14.8 Å². The summed E-state index contributed by atoms with van der Waals surface area (Å²) in [7, 11) is 0. The predicted octanol–water partition coefficient (Wildman–Crippen LogP) is 5.76. The van der Waals surface area contributed by atoms with Crippen molar-refractivity contribution in [2.45, 2.75) is 38.0 Å². The van der Waals surface area contributed by atoms with Crippen LogP contribution < -0.4 is 10.3 Å². The lowest BCUT2D eigenvalue weighted by atomic mass is 9.88. The van der Waals surface area contributed by atoms with Gasteiger partial charge < -0.3 is 9.84 Å². The van der Waals surface area contributed by atoms with Gasteiger partial charge in [0, 0.05) is 10.4 Å². The third kappa shape index (κ3) is 5.76. The second-order valence-electron chi connectivity index (χ2n) is 7.82. The Balaban J connectivity index is 1.76. The first-order chi connectivity index (χ1) is 15.8. The fourth-order valence-corrected chi connectivity index (χ4v) is 6.44. The Morgan fingerprint density at radius 3 is 2.58 bits per heavy atom. The Hall–Kier alpha value is -1.54. The zero-order valence-corrected chi connectivity index (χ0v) is 23.3. The lowest BCUT2D eigenvalue weighted by Crippen LogP contribution is -2.25. The summed E-state index contributed by atoms with van der Waals surface area (Å²) in [6, 6.07) is 9.23. The molecule has 0 radical (unpaired) electrons. The monoisotopic (exact) mass is 735 g/mol. The predicted molar refractivity (Wildman–Crippen MR) is 148 cm³/mol. The van der Waals surface area contributed by atoms with Gasteiger partial charge in [0.25, 0.3) is 5.56 Å². The summed E-state index contributed by atoms with van der Waals surface area (Å²) in [5.74, 6) is 0.394. The zero-order chi connectivity index (χ0) is 23.5. The molecule has 0 spiro atoms. The van der Waals surface area contributed by atoms with Crippen LogP contribution in [0.3, 0.4) is 0 Å².